The standard InChI is InChI=1S/C16H18N2O4/c1-4-16(3,15(20)21)18-13(19)12-10(2)17-14(22-12)11-8-6-5-7-9-11/h5-9H,4H2,1-3H3,(H,18,19)(H,20,21). The molecule has 1 unspecified atom stereocenters. The number of carbonyl (C=O) groups is 2. The van der Waals surface area contributed by atoms with Gasteiger partial charge in [0.25, 0.3) is 5.91 Å². The lowest BCUT2D eigenvalue weighted by atomic mass is 9.99. The molecule has 0 aliphatic heterocycles. The fourth-order valence-corrected chi connectivity index (χ4v) is 1.91. The Morgan fingerprint density at radius 3 is 2.50 bits per heavy atom. The van der Waals surface area contributed by atoms with E-state index in [1.54, 1.807) is 13.8 Å². The Morgan fingerprint density at radius 2 is 1.95 bits per heavy atom. The monoisotopic (exact) mass is 302 g/mol. The lowest BCUT2D eigenvalue weighted by Gasteiger charge is -2.23. The van der Waals surface area contributed by atoms with Gasteiger partial charge in [0.05, 0.1) is 5.69 Å². The van der Waals surface area contributed by atoms with Gasteiger partial charge in [0, 0.05) is 5.56 Å². The third kappa shape index (κ3) is 3.00. The van der Waals surface area contributed by atoms with Crippen molar-refractivity contribution in [2.24, 2.45) is 0 Å². The van der Waals surface area contributed by atoms with Gasteiger partial charge in [0.2, 0.25) is 11.7 Å². The summed E-state index contributed by atoms with van der Waals surface area (Å²) in [5.41, 5.74) is -0.176. The van der Waals surface area contributed by atoms with Gasteiger partial charge >= 0.3 is 5.97 Å². The molecule has 0 aliphatic rings. The number of hydrogen-bond donors (Lipinski definition) is 2. The van der Waals surface area contributed by atoms with Crippen LogP contribution >= 0.6 is 0 Å². The number of hydrogen-bond acceptors (Lipinski definition) is 4. The van der Waals surface area contributed by atoms with Crippen molar-refractivity contribution in [3.8, 4) is 11.5 Å². The summed E-state index contributed by atoms with van der Waals surface area (Å²) in [6.45, 7) is 4.79. The summed E-state index contributed by atoms with van der Waals surface area (Å²) < 4.78 is 5.52. The first-order chi connectivity index (χ1) is 10.4. The molecule has 2 N–H and O–H groups in total. The van der Waals surface area contributed by atoms with Gasteiger partial charge in [-0.3, -0.25) is 4.79 Å². The molecule has 1 aromatic carbocycles. The van der Waals surface area contributed by atoms with Crippen LogP contribution < -0.4 is 5.32 Å². The Bertz CT molecular complexity index is 693. The molecule has 0 spiro atoms. The van der Waals surface area contributed by atoms with Gasteiger partial charge in [-0.25, -0.2) is 9.78 Å². The van der Waals surface area contributed by atoms with E-state index < -0.39 is 17.4 Å². The van der Waals surface area contributed by atoms with E-state index in [9.17, 15) is 14.7 Å². The maximum absolute atomic E-state index is 12.3. The van der Waals surface area contributed by atoms with Crippen molar-refractivity contribution >= 4 is 11.9 Å². The molecule has 6 nitrogen and oxygen atoms in total. The first kappa shape index (κ1) is 15.8. The van der Waals surface area contributed by atoms with Crippen LogP contribution in [0.1, 0.15) is 36.5 Å². The number of oxazole rings is 1. The quantitative estimate of drug-likeness (QED) is 0.885. The highest BCUT2D eigenvalue weighted by Gasteiger charge is 2.34. The number of aryl methyl sites for hydroxylation is 1. The Kier molecular flexibility index (Phi) is 4.30. The van der Waals surface area contributed by atoms with Crippen LogP contribution in [0.4, 0.5) is 0 Å². The third-order valence-corrected chi connectivity index (χ3v) is 3.59. The summed E-state index contributed by atoms with van der Waals surface area (Å²) in [6, 6.07) is 9.19. The van der Waals surface area contributed by atoms with E-state index in [1.165, 1.54) is 6.92 Å². The molecule has 0 fully saturated rings. The Labute approximate surface area is 128 Å². The van der Waals surface area contributed by atoms with Gasteiger partial charge in [-0.15, -0.1) is 0 Å². The van der Waals surface area contributed by atoms with E-state index in [0.29, 0.717) is 11.6 Å². The van der Waals surface area contributed by atoms with Crippen LogP contribution in [0.3, 0.4) is 0 Å². The number of benzene rings is 1. The lowest BCUT2D eigenvalue weighted by Crippen LogP contribution is -2.51. The smallest absolute Gasteiger partial charge is 0.329 e. The zero-order valence-electron chi connectivity index (χ0n) is 12.7. The second-order valence-corrected chi connectivity index (χ2v) is 5.24. The maximum atomic E-state index is 12.3. The minimum atomic E-state index is -1.34. The maximum Gasteiger partial charge on any atom is 0.329 e. The lowest BCUT2D eigenvalue weighted by molar-refractivity contribution is -0.143. The van der Waals surface area contributed by atoms with Crippen molar-refractivity contribution < 1.29 is 19.1 Å². The number of aromatic nitrogens is 1. The van der Waals surface area contributed by atoms with E-state index in [0.717, 1.165) is 5.56 Å². The molecule has 0 saturated carbocycles. The molecule has 22 heavy (non-hydrogen) atoms. The molecular weight excluding hydrogens is 284 g/mol. The second kappa shape index (κ2) is 6.01. The third-order valence-electron chi connectivity index (χ3n) is 3.59. The molecular formula is C16H18N2O4. The van der Waals surface area contributed by atoms with Crippen LogP contribution in [-0.2, 0) is 4.79 Å². The molecule has 1 atom stereocenters. The molecule has 6 heteroatoms. The van der Waals surface area contributed by atoms with Crippen LogP contribution in [0.2, 0.25) is 0 Å². The predicted octanol–water partition coefficient (Wildman–Crippen LogP) is 2.63. The highest BCUT2D eigenvalue weighted by molar-refractivity contribution is 5.96. The summed E-state index contributed by atoms with van der Waals surface area (Å²) in [4.78, 5) is 27.8. The number of nitrogens with one attached hydrogen (secondary N) is 1. The zero-order chi connectivity index (χ0) is 16.3. The SMILES string of the molecule is CCC(C)(NC(=O)c1oc(-c2ccccc2)nc1C)C(=O)O. The van der Waals surface area contributed by atoms with Gasteiger partial charge in [0.15, 0.2) is 0 Å². The van der Waals surface area contributed by atoms with E-state index in [2.05, 4.69) is 10.3 Å². The molecule has 1 heterocycles. The average molecular weight is 302 g/mol. The van der Waals surface area contributed by atoms with E-state index in [4.69, 9.17) is 4.42 Å². The normalized spacial score (nSPS) is 13.4. The first-order valence-corrected chi connectivity index (χ1v) is 6.96. The topological polar surface area (TPSA) is 92.4 Å². The van der Waals surface area contributed by atoms with Crippen molar-refractivity contribution in [3.05, 3.63) is 41.8 Å². The number of carbonyl (C=O) groups excluding carboxylic acids is 1. The van der Waals surface area contributed by atoms with Crippen LogP contribution in [-0.4, -0.2) is 27.5 Å². The average Bonchev–Trinajstić information content (AvgIpc) is 2.90. The molecule has 1 amide bonds. The molecule has 0 saturated heterocycles. The first-order valence-electron chi connectivity index (χ1n) is 6.96. The highest BCUT2D eigenvalue weighted by atomic mass is 16.4. The number of amides is 1. The Morgan fingerprint density at radius 1 is 1.32 bits per heavy atom. The second-order valence-electron chi connectivity index (χ2n) is 5.24. The van der Waals surface area contributed by atoms with Crippen molar-refractivity contribution in [1.82, 2.24) is 10.3 Å². The van der Waals surface area contributed by atoms with Gasteiger partial charge in [-0.1, -0.05) is 25.1 Å². The van der Waals surface area contributed by atoms with Crippen LogP contribution in [0.5, 0.6) is 0 Å². The number of carboxylic acid groups (broad SMARTS) is 1. The zero-order valence-corrected chi connectivity index (χ0v) is 12.7. The molecule has 2 rings (SSSR count). The highest BCUT2D eigenvalue weighted by Crippen LogP contribution is 2.22. The molecule has 0 bridgehead atoms. The van der Waals surface area contributed by atoms with E-state index in [1.807, 2.05) is 30.3 Å². The molecule has 1 aromatic heterocycles. The predicted molar refractivity (Wildman–Crippen MR) is 80.5 cm³/mol. The van der Waals surface area contributed by atoms with Crippen molar-refractivity contribution in [3.63, 3.8) is 0 Å². The van der Waals surface area contributed by atoms with Crippen LogP contribution in [0.25, 0.3) is 11.5 Å². The van der Waals surface area contributed by atoms with E-state index >= 15 is 0 Å². The van der Waals surface area contributed by atoms with Crippen molar-refractivity contribution in [2.75, 3.05) is 0 Å². The van der Waals surface area contributed by atoms with Gasteiger partial charge in [-0.05, 0) is 32.4 Å². The summed E-state index contributed by atoms with van der Waals surface area (Å²) in [5, 5.41) is 11.7. The largest absolute Gasteiger partial charge is 0.480 e. The molecule has 0 aliphatic carbocycles. The summed E-state index contributed by atoms with van der Waals surface area (Å²) in [6.07, 6.45) is 0.257. The summed E-state index contributed by atoms with van der Waals surface area (Å²) >= 11 is 0. The van der Waals surface area contributed by atoms with Crippen molar-refractivity contribution in [1.29, 1.82) is 0 Å². The number of carboxylic acids is 1. The number of aliphatic carboxylic acids is 1. The van der Waals surface area contributed by atoms with Gasteiger partial charge in [0.1, 0.15) is 5.54 Å². The minimum Gasteiger partial charge on any atom is -0.480 e. The van der Waals surface area contributed by atoms with Gasteiger partial charge in [-0.2, -0.15) is 0 Å². The molecule has 2 aromatic rings. The number of nitrogens with zero attached hydrogens (tertiary/aromatic N) is 1. The van der Waals surface area contributed by atoms with Crippen molar-refractivity contribution in [2.45, 2.75) is 32.7 Å². The fraction of sp³-hybridized carbons (Fsp3) is 0.312. The number of rotatable bonds is 5. The van der Waals surface area contributed by atoms with E-state index in [-0.39, 0.29) is 12.2 Å². The summed E-state index contributed by atoms with van der Waals surface area (Å²) in [7, 11) is 0. The fourth-order valence-electron chi connectivity index (χ4n) is 1.91. The molecule has 116 valence electrons. The minimum absolute atomic E-state index is 0.0276. The Balaban J connectivity index is 2.28. The molecule has 0 radical (unpaired) electrons. The van der Waals surface area contributed by atoms with Crippen LogP contribution in [0, 0.1) is 6.92 Å². The van der Waals surface area contributed by atoms with Gasteiger partial charge < -0.3 is 14.8 Å². The van der Waals surface area contributed by atoms with Crippen LogP contribution in [0.15, 0.2) is 34.7 Å². The summed E-state index contributed by atoms with van der Waals surface area (Å²) in [5.74, 6) is -1.32. The Hall–Kier alpha value is -2.63.